The van der Waals surface area contributed by atoms with E-state index in [1.807, 2.05) is 0 Å². The van der Waals surface area contributed by atoms with E-state index in [1.54, 1.807) is 6.92 Å². The van der Waals surface area contributed by atoms with Crippen LogP contribution in [0.4, 0.5) is 8.78 Å². The highest BCUT2D eigenvalue weighted by molar-refractivity contribution is 6.29. The molecule has 2 aromatic rings. The van der Waals surface area contributed by atoms with Gasteiger partial charge in [0.2, 0.25) is 0 Å². The third-order valence-corrected chi connectivity index (χ3v) is 2.99. The number of carbonyl (C=O) groups is 1. The Kier molecular flexibility index (Phi) is 4.29. The van der Waals surface area contributed by atoms with Gasteiger partial charge in [-0.15, -0.1) is 0 Å². The zero-order valence-electron chi connectivity index (χ0n) is 10.5. The van der Waals surface area contributed by atoms with Crippen LogP contribution in [0.3, 0.4) is 0 Å². The summed E-state index contributed by atoms with van der Waals surface area (Å²) in [5, 5.41) is 2.88. The number of carbonyl (C=O) groups excluding carboxylic acids is 1. The average Bonchev–Trinajstić information content (AvgIpc) is 2.41. The molecule has 1 N–H and O–H groups in total. The molecule has 104 valence electrons. The highest BCUT2D eigenvalue weighted by Crippen LogP contribution is 2.17. The number of pyridine rings is 1. The molecule has 6 heteroatoms. The predicted molar refractivity (Wildman–Crippen MR) is 71.5 cm³/mol. The van der Waals surface area contributed by atoms with E-state index in [4.69, 9.17) is 11.6 Å². The summed E-state index contributed by atoms with van der Waals surface area (Å²) >= 11 is 5.70. The van der Waals surface area contributed by atoms with E-state index >= 15 is 0 Å². The number of hydrogen-bond acceptors (Lipinski definition) is 2. The molecule has 0 fully saturated rings. The molecule has 1 aromatic heterocycles. The lowest BCUT2D eigenvalue weighted by Gasteiger charge is -2.14. The first-order valence-electron chi connectivity index (χ1n) is 5.84. The molecule has 0 spiro atoms. The molecule has 1 atom stereocenters. The van der Waals surface area contributed by atoms with Crippen LogP contribution in [0.2, 0.25) is 5.15 Å². The lowest BCUT2D eigenvalue weighted by Crippen LogP contribution is -2.26. The van der Waals surface area contributed by atoms with E-state index < -0.39 is 17.7 Å². The van der Waals surface area contributed by atoms with Gasteiger partial charge in [0.15, 0.2) is 11.6 Å². The fourth-order valence-corrected chi connectivity index (χ4v) is 1.86. The van der Waals surface area contributed by atoms with Crippen LogP contribution >= 0.6 is 11.6 Å². The summed E-state index contributed by atoms with van der Waals surface area (Å²) in [6.45, 7) is 1.67. The predicted octanol–water partition coefficient (Wildman–Crippen LogP) is 3.50. The molecule has 3 nitrogen and oxygen atoms in total. The lowest BCUT2D eigenvalue weighted by molar-refractivity contribution is 0.0939. The van der Waals surface area contributed by atoms with Gasteiger partial charge in [0.1, 0.15) is 5.15 Å². The molecule has 1 amide bonds. The first kappa shape index (κ1) is 14.4. The van der Waals surface area contributed by atoms with Gasteiger partial charge in [-0.2, -0.15) is 0 Å². The van der Waals surface area contributed by atoms with Crippen molar-refractivity contribution in [3.63, 3.8) is 0 Å². The molecule has 1 unspecified atom stereocenters. The second kappa shape index (κ2) is 5.96. The van der Waals surface area contributed by atoms with E-state index in [-0.39, 0.29) is 11.1 Å². The second-order valence-electron chi connectivity index (χ2n) is 4.24. The minimum absolute atomic E-state index is 0.207. The van der Waals surface area contributed by atoms with Gasteiger partial charge < -0.3 is 5.32 Å². The number of amides is 1. The van der Waals surface area contributed by atoms with Gasteiger partial charge >= 0.3 is 0 Å². The SMILES string of the molecule is CC(NC(=O)c1ccnc(Cl)c1)c1ccc(F)c(F)c1. The molecular weight excluding hydrogens is 286 g/mol. The largest absolute Gasteiger partial charge is 0.346 e. The fraction of sp³-hybridized carbons (Fsp3) is 0.143. The van der Waals surface area contributed by atoms with Crippen molar-refractivity contribution in [3.05, 3.63) is 64.4 Å². The van der Waals surface area contributed by atoms with Crippen molar-refractivity contribution in [1.29, 1.82) is 0 Å². The van der Waals surface area contributed by atoms with Crippen molar-refractivity contribution in [2.45, 2.75) is 13.0 Å². The Morgan fingerprint density at radius 3 is 2.65 bits per heavy atom. The Morgan fingerprint density at radius 2 is 2.00 bits per heavy atom. The maximum Gasteiger partial charge on any atom is 0.251 e. The number of hydrogen-bond donors (Lipinski definition) is 1. The molecular formula is C14H11ClF2N2O. The van der Waals surface area contributed by atoms with Gasteiger partial charge in [0.05, 0.1) is 6.04 Å². The zero-order chi connectivity index (χ0) is 14.7. The Bertz CT molecular complexity index is 649. The summed E-state index contributed by atoms with van der Waals surface area (Å²) in [6.07, 6.45) is 1.42. The van der Waals surface area contributed by atoms with E-state index in [1.165, 1.54) is 24.4 Å². The Labute approximate surface area is 119 Å². The molecule has 0 aliphatic carbocycles. The number of halogens is 3. The van der Waals surface area contributed by atoms with Crippen molar-refractivity contribution in [2.24, 2.45) is 0 Å². The number of nitrogens with zero attached hydrogens (tertiary/aromatic N) is 1. The van der Waals surface area contributed by atoms with Crippen molar-refractivity contribution in [1.82, 2.24) is 10.3 Å². The molecule has 1 heterocycles. The number of aromatic nitrogens is 1. The number of benzene rings is 1. The molecule has 0 aliphatic rings. The molecule has 1 aromatic carbocycles. The Balaban J connectivity index is 2.13. The van der Waals surface area contributed by atoms with Crippen LogP contribution in [0.15, 0.2) is 36.5 Å². The maximum absolute atomic E-state index is 13.1. The van der Waals surface area contributed by atoms with Gasteiger partial charge in [-0.05, 0) is 36.8 Å². The summed E-state index contributed by atoms with van der Waals surface area (Å²) in [5.41, 5.74) is 0.817. The van der Waals surface area contributed by atoms with Crippen molar-refractivity contribution >= 4 is 17.5 Å². The molecule has 0 saturated heterocycles. The highest BCUT2D eigenvalue weighted by atomic mass is 35.5. The van der Waals surface area contributed by atoms with Gasteiger partial charge in [0, 0.05) is 11.8 Å². The molecule has 0 aliphatic heterocycles. The van der Waals surface area contributed by atoms with Crippen LogP contribution in [-0.4, -0.2) is 10.9 Å². The third-order valence-electron chi connectivity index (χ3n) is 2.78. The van der Waals surface area contributed by atoms with E-state index in [0.29, 0.717) is 11.1 Å². The van der Waals surface area contributed by atoms with E-state index in [0.717, 1.165) is 12.1 Å². The summed E-state index contributed by atoms with van der Waals surface area (Å²) < 4.78 is 26.0. The van der Waals surface area contributed by atoms with Crippen LogP contribution in [0.25, 0.3) is 0 Å². The smallest absolute Gasteiger partial charge is 0.251 e. The zero-order valence-corrected chi connectivity index (χ0v) is 11.3. The van der Waals surface area contributed by atoms with Crippen molar-refractivity contribution in [3.8, 4) is 0 Å². The first-order chi connectivity index (χ1) is 9.47. The van der Waals surface area contributed by atoms with Gasteiger partial charge in [-0.3, -0.25) is 4.79 Å². The monoisotopic (exact) mass is 296 g/mol. The fourth-order valence-electron chi connectivity index (χ4n) is 1.69. The highest BCUT2D eigenvalue weighted by Gasteiger charge is 2.13. The molecule has 0 radical (unpaired) electrons. The minimum atomic E-state index is -0.949. The summed E-state index contributed by atoms with van der Waals surface area (Å²) in [5.74, 6) is -2.24. The average molecular weight is 297 g/mol. The quantitative estimate of drug-likeness (QED) is 0.881. The number of rotatable bonds is 3. The van der Waals surface area contributed by atoms with E-state index in [2.05, 4.69) is 10.3 Å². The van der Waals surface area contributed by atoms with Gasteiger partial charge in [-0.25, -0.2) is 13.8 Å². The van der Waals surface area contributed by atoms with Crippen LogP contribution in [0.1, 0.15) is 28.9 Å². The Morgan fingerprint density at radius 1 is 1.25 bits per heavy atom. The number of nitrogens with one attached hydrogen (secondary N) is 1. The standard InChI is InChI=1S/C14H11ClF2N2O/c1-8(9-2-3-11(16)12(17)6-9)19-14(20)10-4-5-18-13(15)7-10/h2-8H,1H3,(H,19,20). The summed E-state index contributed by atoms with van der Waals surface area (Å²) in [7, 11) is 0. The van der Waals surface area contributed by atoms with Crippen LogP contribution < -0.4 is 5.32 Å². The summed E-state index contributed by atoms with van der Waals surface area (Å²) in [4.78, 5) is 15.7. The first-order valence-corrected chi connectivity index (χ1v) is 6.22. The molecule has 20 heavy (non-hydrogen) atoms. The van der Waals surface area contributed by atoms with Crippen molar-refractivity contribution in [2.75, 3.05) is 0 Å². The van der Waals surface area contributed by atoms with Crippen LogP contribution in [0, 0.1) is 11.6 Å². The third kappa shape index (κ3) is 3.30. The summed E-state index contributed by atoms with van der Waals surface area (Å²) in [6, 6.07) is 5.97. The molecule has 2 rings (SSSR count). The molecule has 0 saturated carbocycles. The van der Waals surface area contributed by atoms with Crippen molar-refractivity contribution < 1.29 is 13.6 Å². The normalized spacial score (nSPS) is 12.0. The van der Waals surface area contributed by atoms with Gasteiger partial charge in [0.25, 0.3) is 5.91 Å². The van der Waals surface area contributed by atoms with Crippen LogP contribution in [0.5, 0.6) is 0 Å². The molecule has 0 bridgehead atoms. The maximum atomic E-state index is 13.1. The second-order valence-corrected chi connectivity index (χ2v) is 4.62. The van der Waals surface area contributed by atoms with E-state index in [9.17, 15) is 13.6 Å². The topological polar surface area (TPSA) is 42.0 Å². The minimum Gasteiger partial charge on any atom is -0.346 e. The lowest BCUT2D eigenvalue weighted by atomic mass is 10.1. The van der Waals surface area contributed by atoms with Gasteiger partial charge in [-0.1, -0.05) is 17.7 Å². The Hall–Kier alpha value is -2.01. The van der Waals surface area contributed by atoms with Crippen LogP contribution in [-0.2, 0) is 0 Å².